The van der Waals surface area contributed by atoms with Gasteiger partial charge in [-0.1, -0.05) is 0 Å². The third-order valence-electron chi connectivity index (χ3n) is 4.98. The summed E-state index contributed by atoms with van der Waals surface area (Å²) >= 11 is 0. The van der Waals surface area contributed by atoms with Crippen molar-refractivity contribution in [2.75, 3.05) is 40.5 Å². The number of hydrogen-bond donors (Lipinski definition) is 1. The van der Waals surface area contributed by atoms with Crippen LogP contribution in [0, 0.1) is 0 Å². The average molecular weight is 435 g/mol. The second kappa shape index (κ2) is 9.46. The second-order valence-corrected chi connectivity index (χ2v) is 8.78. The lowest BCUT2D eigenvalue weighted by atomic mass is 10.1. The van der Waals surface area contributed by atoms with Gasteiger partial charge in [0.2, 0.25) is 10.0 Å². The van der Waals surface area contributed by atoms with Gasteiger partial charge in [0.05, 0.1) is 38.4 Å². The van der Waals surface area contributed by atoms with E-state index in [0.717, 1.165) is 5.56 Å². The zero-order valence-corrected chi connectivity index (χ0v) is 18.1. The van der Waals surface area contributed by atoms with Crippen molar-refractivity contribution in [2.45, 2.75) is 17.9 Å². The first-order valence-corrected chi connectivity index (χ1v) is 11.0. The molecule has 1 unspecified atom stereocenters. The summed E-state index contributed by atoms with van der Waals surface area (Å²) < 4.78 is 42.6. The molecule has 3 rings (SSSR count). The van der Waals surface area contributed by atoms with Crippen molar-refractivity contribution in [1.29, 1.82) is 0 Å². The molecular weight excluding hydrogens is 408 g/mol. The van der Waals surface area contributed by atoms with Crippen LogP contribution in [-0.2, 0) is 14.8 Å². The van der Waals surface area contributed by atoms with Gasteiger partial charge in [-0.3, -0.25) is 4.79 Å². The maximum absolute atomic E-state index is 12.7. The normalized spacial score (nSPS) is 16.0. The summed E-state index contributed by atoms with van der Waals surface area (Å²) in [6.45, 7) is 3.25. The van der Waals surface area contributed by atoms with Crippen LogP contribution in [0.15, 0.2) is 47.4 Å². The third-order valence-corrected chi connectivity index (χ3v) is 6.89. The van der Waals surface area contributed by atoms with Crippen molar-refractivity contribution in [2.24, 2.45) is 0 Å². The number of sulfonamides is 1. The Morgan fingerprint density at radius 2 is 1.73 bits per heavy atom. The van der Waals surface area contributed by atoms with E-state index in [1.54, 1.807) is 26.4 Å². The van der Waals surface area contributed by atoms with Crippen molar-refractivity contribution in [3.63, 3.8) is 0 Å². The number of rotatable bonds is 7. The number of ether oxygens (including phenoxy) is 3. The molecule has 162 valence electrons. The second-order valence-electron chi connectivity index (χ2n) is 6.84. The van der Waals surface area contributed by atoms with Crippen molar-refractivity contribution >= 4 is 15.9 Å². The zero-order valence-electron chi connectivity index (χ0n) is 17.3. The third kappa shape index (κ3) is 4.75. The molecule has 0 aromatic heterocycles. The molecule has 1 aliphatic heterocycles. The molecule has 0 aliphatic carbocycles. The first-order valence-electron chi connectivity index (χ1n) is 9.57. The minimum atomic E-state index is -3.60. The Morgan fingerprint density at radius 3 is 2.33 bits per heavy atom. The summed E-state index contributed by atoms with van der Waals surface area (Å²) in [6.07, 6.45) is 0. The van der Waals surface area contributed by atoms with E-state index in [0.29, 0.717) is 43.4 Å². The predicted octanol–water partition coefficient (Wildman–Crippen LogP) is 2.22. The first-order chi connectivity index (χ1) is 14.4. The van der Waals surface area contributed by atoms with Crippen LogP contribution in [0.5, 0.6) is 11.5 Å². The van der Waals surface area contributed by atoms with Gasteiger partial charge in [-0.15, -0.1) is 0 Å². The number of carbonyl (C=O) groups is 1. The van der Waals surface area contributed by atoms with Crippen molar-refractivity contribution < 1.29 is 27.4 Å². The Morgan fingerprint density at radius 1 is 1.07 bits per heavy atom. The zero-order chi connectivity index (χ0) is 21.7. The van der Waals surface area contributed by atoms with Gasteiger partial charge in [-0.05, 0) is 49.4 Å². The number of carbonyl (C=O) groups excluding carboxylic acids is 1. The summed E-state index contributed by atoms with van der Waals surface area (Å²) in [5.74, 6) is 0.975. The van der Waals surface area contributed by atoms with Crippen LogP contribution < -0.4 is 14.8 Å². The molecule has 1 atom stereocenters. The number of amides is 1. The number of benzene rings is 2. The molecule has 1 fully saturated rings. The van der Waals surface area contributed by atoms with Gasteiger partial charge in [0.25, 0.3) is 5.91 Å². The Bertz CT molecular complexity index is 985. The van der Waals surface area contributed by atoms with Crippen LogP contribution in [0.25, 0.3) is 0 Å². The largest absolute Gasteiger partial charge is 0.497 e. The molecule has 1 N–H and O–H groups in total. The molecule has 2 aromatic rings. The molecule has 8 nitrogen and oxygen atoms in total. The maximum atomic E-state index is 12.7. The van der Waals surface area contributed by atoms with Crippen molar-refractivity contribution in [3.05, 3.63) is 53.6 Å². The fourth-order valence-electron chi connectivity index (χ4n) is 3.25. The van der Waals surface area contributed by atoms with Gasteiger partial charge < -0.3 is 19.5 Å². The number of morpholine rings is 1. The fraction of sp³-hybridized carbons (Fsp3) is 0.381. The Balaban J connectivity index is 1.73. The van der Waals surface area contributed by atoms with E-state index in [9.17, 15) is 13.2 Å². The van der Waals surface area contributed by atoms with E-state index in [-0.39, 0.29) is 16.8 Å². The molecule has 1 heterocycles. The molecule has 0 radical (unpaired) electrons. The first kappa shape index (κ1) is 22.1. The summed E-state index contributed by atoms with van der Waals surface area (Å²) in [4.78, 5) is 12.8. The Hall–Kier alpha value is -2.62. The lowest BCUT2D eigenvalue weighted by molar-refractivity contribution is 0.0730. The van der Waals surface area contributed by atoms with Crippen molar-refractivity contribution in [1.82, 2.24) is 9.62 Å². The molecule has 0 bridgehead atoms. The monoisotopic (exact) mass is 434 g/mol. The van der Waals surface area contributed by atoms with Crippen LogP contribution >= 0.6 is 0 Å². The highest BCUT2D eigenvalue weighted by Gasteiger charge is 2.26. The van der Waals surface area contributed by atoms with Crippen LogP contribution in [0.1, 0.15) is 28.9 Å². The molecule has 1 aliphatic rings. The Labute approximate surface area is 176 Å². The summed E-state index contributed by atoms with van der Waals surface area (Å²) in [7, 11) is -0.462. The molecule has 0 saturated carbocycles. The lowest BCUT2D eigenvalue weighted by Crippen LogP contribution is -2.40. The molecule has 1 amide bonds. The average Bonchev–Trinajstić information content (AvgIpc) is 2.79. The summed E-state index contributed by atoms with van der Waals surface area (Å²) in [5, 5.41) is 2.91. The minimum Gasteiger partial charge on any atom is -0.497 e. The SMILES string of the molecule is COc1ccc(OC)c(C(C)NC(=O)c2ccc(S(=O)(=O)N3CCOCC3)cc2)c1. The van der Waals surface area contributed by atoms with Gasteiger partial charge in [-0.2, -0.15) is 4.31 Å². The molecule has 2 aromatic carbocycles. The van der Waals surface area contributed by atoms with Crippen molar-refractivity contribution in [3.8, 4) is 11.5 Å². The summed E-state index contributed by atoms with van der Waals surface area (Å²) in [5.41, 5.74) is 1.14. The van der Waals surface area contributed by atoms with Gasteiger partial charge in [0.15, 0.2) is 0 Å². The highest BCUT2D eigenvalue weighted by atomic mass is 32.2. The predicted molar refractivity (Wildman–Crippen MR) is 111 cm³/mol. The standard InChI is InChI=1S/C21H26N2O6S/c1-15(19-14-17(27-2)6-9-20(19)28-3)22-21(24)16-4-7-18(8-5-16)30(25,26)23-10-12-29-13-11-23/h4-9,14-15H,10-13H2,1-3H3,(H,22,24). The lowest BCUT2D eigenvalue weighted by Gasteiger charge is -2.26. The van der Waals surface area contributed by atoms with E-state index < -0.39 is 10.0 Å². The van der Waals surface area contributed by atoms with E-state index in [1.807, 2.05) is 13.0 Å². The summed E-state index contributed by atoms with van der Waals surface area (Å²) in [6, 6.07) is 11.0. The van der Waals surface area contributed by atoms with Gasteiger partial charge in [-0.25, -0.2) is 8.42 Å². The minimum absolute atomic E-state index is 0.156. The van der Waals surface area contributed by atoms with Crippen LogP contribution in [0.4, 0.5) is 0 Å². The van der Waals surface area contributed by atoms with Gasteiger partial charge in [0.1, 0.15) is 11.5 Å². The number of nitrogens with zero attached hydrogens (tertiary/aromatic N) is 1. The molecule has 1 saturated heterocycles. The van der Waals surface area contributed by atoms with Crippen LogP contribution in [0.2, 0.25) is 0 Å². The van der Waals surface area contributed by atoms with Gasteiger partial charge >= 0.3 is 0 Å². The fourth-order valence-corrected chi connectivity index (χ4v) is 4.66. The quantitative estimate of drug-likeness (QED) is 0.718. The number of hydrogen-bond acceptors (Lipinski definition) is 6. The molecule has 30 heavy (non-hydrogen) atoms. The van der Waals surface area contributed by atoms with E-state index in [2.05, 4.69) is 5.32 Å². The number of nitrogens with one attached hydrogen (secondary N) is 1. The smallest absolute Gasteiger partial charge is 0.251 e. The Kier molecular flexibility index (Phi) is 6.96. The topological polar surface area (TPSA) is 94.2 Å². The van der Waals surface area contributed by atoms with Crippen LogP contribution in [-0.4, -0.2) is 59.2 Å². The molecule has 9 heteroatoms. The van der Waals surface area contributed by atoms with E-state index >= 15 is 0 Å². The highest BCUT2D eigenvalue weighted by Crippen LogP contribution is 2.29. The van der Waals surface area contributed by atoms with Crippen LogP contribution in [0.3, 0.4) is 0 Å². The van der Waals surface area contributed by atoms with E-state index in [1.165, 1.54) is 28.6 Å². The highest BCUT2D eigenvalue weighted by molar-refractivity contribution is 7.89. The van der Waals surface area contributed by atoms with E-state index in [4.69, 9.17) is 14.2 Å². The molecule has 0 spiro atoms. The number of methoxy groups -OCH3 is 2. The maximum Gasteiger partial charge on any atom is 0.251 e. The van der Waals surface area contributed by atoms with Gasteiger partial charge in [0, 0.05) is 24.2 Å². The molecular formula is C21H26N2O6S.